The third kappa shape index (κ3) is 3.60. The van der Waals surface area contributed by atoms with Crippen molar-refractivity contribution in [2.45, 2.75) is 43.9 Å². The van der Waals surface area contributed by atoms with Crippen molar-refractivity contribution in [1.82, 2.24) is 0 Å². The Morgan fingerprint density at radius 3 is 2.33 bits per heavy atom. The van der Waals surface area contributed by atoms with Gasteiger partial charge in [-0.05, 0) is 62.0 Å². The minimum Gasteiger partial charge on any atom is -0.384 e. The van der Waals surface area contributed by atoms with E-state index in [1.54, 1.807) is 6.07 Å². The highest BCUT2D eigenvalue weighted by molar-refractivity contribution is 7.91. The molecule has 1 aromatic carbocycles. The van der Waals surface area contributed by atoms with Gasteiger partial charge in [0.1, 0.15) is 0 Å². The fraction of sp³-hybridized carbons (Fsp3) is 0.647. The molecule has 0 bridgehead atoms. The van der Waals surface area contributed by atoms with Crippen LogP contribution in [0, 0.1) is 17.8 Å². The van der Waals surface area contributed by atoms with Crippen molar-refractivity contribution in [3.63, 3.8) is 0 Å². The van der Waals surface area contributed by atoms with Crippen molar-refractivity contribution < 1.29 is 8.42 Å². The first kappa shape index (κ1) is 14.9. The van der Waals surface area contributed by atoms with Gasteiger partial charge < -0.3 is 5.32 Å². The number of nitrogens with one attached hydrogen (secondary N) is 1. The molecule has 0 atom stereocenters. The summed E-state index contributed by atoms with van der Waals surface area (Å²) in [5, 5.41) is 3.44. The lowest BCUT2D eigenvalue weighted by Crippen LogP contribution is -2.19. The monoisotopic (exact) mass is 307 g/mol. The molecule has 0 aromatic heterocycles. The molecule has 0 spiro atoms. The van der Waals surface area contributed by atoms with Crippen molar-refractivity contribution in [2.75, 3.05) is 17.6 Å². The standard InChI is InChI=1S/C17H25NO2S/c1-2-11-21(19,20)17-6-4-3-5-16(17)18-12-15(13-7-8-13)14-9-10-14/h3-6,13-15,18H,2,7-12H2,1H3. The summed E-state index contributed by atoms with van der Waals surface area (Å²) in [4.78, 5) is 0.470. The van der Waals surface area contributed by atoms with Crippen LogP contribution in [-0.2, 0) is 9.84 Å². The summed E-state index contributed by atoms with van der Waals surface area (Å²) in [5.74, 6) is 2.72. The highest BCUT2D eigenvalue weighted by Crippen LogP contribution is 2.49. The van der Waals surface area contributed by atoms with Gasteiger partial charge in [0.15, 0.2) is 9.84 Å². The summed E-state index contributed by atoms with van der Waals surface area (Å²) in [6.45, 7) is 2.83. The van der Waals surface area contributed by atoms with Crippen LogP contribution in [-0.4, -0.2) is 20.7 Å². The number of rotatable bonds is 8. The van der Waals surface area contributed by atoms with Gasteiger partial charge in [0, 0.05) is 6.54 Å². The highest BCUT2D eigenvalue weighted by Gasteiger charge is 2.41. The molecule has 4 heteroatoms. The van der Waals surface area contributed by atoms with E-state index in [0.717, 1.165) is 30.0 Å². The SMILES string of the molecule is CCCS(=O)(=O)c1ccccc1NCC(C1CC1)C1CC1. The third-order valence-corrected chi connectivity index (χ3v) is 6.65. The smallest absolute Gasteiger partial charge is 0.180 e. The number of benzene rings is 1. The molecule has 2 aliphatic rings. The first-order chi connectivity index (χ1) is 10.1. The lowest BCUT2D eigenvalue weighted by atomic mass is 9.98. The fourth-order valence-electron chi connectivity index (χ4n) is 3.26. The summed E-state index contributed by atoms with van der Waals surface area (Å²) < 4.78 is 24.7. The van der Waals surface area contributed by atoms with E-state index < -0.39 is 9.84 Å². The minimum absolute atomic E-state index is 0.223. The van der Waals surface area contributed by atoms with E-state index in [4.69, 9.17) is 0 Å². The molecule has 116 valence electrons. The van der Waals surface area contributed by atoms with Crippen LogP contribution in [0.3, 0.4) is 0 Å². The maximum absolute atomic E-state index is 12.4. The van der Waals surface area contributed by atoms with Gasteiger partial charge in [-0.25, -0.2) is 8.42 Å². The first-order valence-corrected chi connectivity index (χ1v) is 9.82. The number of anilines is 1. The van der Waals surface area contributed by atoms with Gasteiger partial charge in [0.2, 0.25) is 0 Å². The lowest BCUT2D eigenvalue weighted by molar-refractivity contribution is 0.428. The van der Waals surface area contributed by atoms with Gasteiger partial charge in [-0.1, -0.05) is 19.1 Å². The molecular formula is C17H25NO2S. The zero-order valence-corrected chi connectivity index (χ0v) is 13.5. The summed E-state index contributed by atoms with van der Waals surface area (Å²) in [6.07, 6.45) is 6.10. The van der Waals surface area contributed by atoms with E-state index in [0.29, 0.717) is 11.3 Å². The predicted molar refractivity (Wildman–Crippen MR) is 86.2 cm³/mol. The molecule has 0 amide bonds. The summed E-state index contributed by atoms with van der Waals surface area (Å²) in [7, 11) is -3.16. The molecule has 0 heterocycles. The molecule has 0 aliphatic heterocycles. The Bertz CT molecular complexity index is 577. The van der Waals surface area contributed by atoms with E-state index in [1.165, 1.54) is 25.7 Å². The molecule has 1 aromatic rings. The van der Waals surface area contributed by atoms with Gasteiger partial charge in [-0.2, -0.15) is 0 Å². The van der Waals surface area contributed by atoms with Crippen molar-refractivity contribution in [3.8, 4) is 0 Å². The van der Waals surface area contributed by atoms with Gasteiger partial charge in [0.05, 0.1) is 16.3 Å². The van der Waals surface area contributed by atoms with Crippen LogP contribution in [0.2, 0.25) is 0 Å². The fourth-order valence-corrected chi connectivity index (χ4v) is 4.78. The van der Waals surface area contributed by atoms with E-state index >= 15 is 0 Å². The van der Waals surface area contributed by atoms with Gasteiger partial charge in [-0.3, -0.25) is 0 Å². The van der Waals surface area contributed by atoms with Crippen LogP contribution in [0.4, 0.5) is 5.69 Å². The molecule has 3 nitrogen and oxygen atoms in total. The number of hydrogen-bond acceptors (Lipinski definition) is 3. The Kier molecular flexibility index (Phi) is 4.25. The van der Waals surface area contributed by atoms with Crippen molar-refractivity contribution in [3.05, 3.63) is 24.3 Å². The second-order valence-corrected chi connectivity index (χ2v) is 8.61. The zero-order valence-electron chi connectivity index (χ0n) is 12.7. The number of sulfone groups is 1. The quantitative estimate of drug-likeness (QED) is 0.796. The molecule has 2 aliphatic carbocycles. The number of para-hydroxylation sites is 1. The molecule has 2 saturated carbocycles. The Balaban J connectivity index is 1.73. The van der Waals surface area contributed by atoms with Crippen LogP contribution in [0.15, 0.2) is 29.2 Å². The van der Waals surface area contributed by atoms with Crippen LogP contribution >= 0.6 is 0 Å². The third-order valence-electron chi connectivity index (χ3n) is 4.68. The molecule has 2 fully saturated rings. The average molecular weight is 307 g/mol. The van der Waals surface area contributed by atoms with E-state index in [-0.39, 0.29) is 5.75 Å². The molecule has 3 rings (SSSR count). The van der Waals surface area contributed by atoms with Crippen molar-refractivity contribution in [2.24, 2.45) is 17.8 Å². The number of hydrogen-bond donors (Lipinski definition) is 1. The van der Waals surface area contributed by atoms with Gasteiger partial charge in [-0.15, -0.1) is 0 Å². The Morgan fingerprint density at radius 2 is 1.76 bits per heavy atom. The Labute approximate surface area is 128 Å². The molecule has 0 unspecified atom stereocenters. The Morgan fingerprint density at radius 1 is 1.14 bits per heavy atom. The van der Waals surface area contributed by atoms with E-state index in [9.17, 15) is 8.42 Å². The first-order valence-electron chi connectivity index (χ1n) is 8.17. The summed E-state index contributed by atoms with van der Waals surface area (Å²) in [6, 6.07) is 7.36. The molecule has 0 radical (unpaired) electrons. The van der Waals surface area contributed by atoms with Crippen LogP contribution < -0.4 is 5.32 Å². The van der Waals surface area contributed by atoms with Crippen LogP contribution in [0.5, 0.6) is 0 Å². The minimum atomic E-state index is -3.16. The highest BCUT2D eigenvalue weighted by atomic mass is 32.2. The molecular weight excluding hydrogens is 282 g/mol. The van der Waals surface area contributed by atoms with E-state index in [2.05, 4.69) is 5.32 Å². The molecule has 21 heavy (non-hydrogen) atoms. The van der Waals surface area contributed by atoms with E-state index in [1.807, 2.05) is 25.1 Å². The topological polar surface area (TPSA) is 46.2 Å². The Hall–Kier alpha value is -1.03. The predicted octanol–water partition coefficient (Wildman–Crippen LogP) is 3.72. The maximum Gasteiger partial charge on any atom is 0.180 e. The van der Waals surface area contributed by atoms with Gasteiger partial charge in [0.25, 0.3) is 0 Å². The van der Waals surface area contributed by atoms with Gasteiger partial charge >= 0.3 is 0 Å². The maximum atomic E-state index is 12.4. The van der Waals surface area contributed by atoms with Crippen molar-refractivity contribution in [1.29, 1.82) is 0 Å². The normalized spacial score (nSPS) is 19.0. The van der Waals surface area contributed by atoms with Crippen LogP contribution in [0.25, 0.3) is 0 Å². The summed E-state index contributed by atoms with van der Waals surface area (Å²) >= 11 is 0. The second-order valence-electron chi connectivity index (χ2n) is 6.53. The zero-order chi connectivity index (χ0) is 14.9. The van der Waals surface area contributed by atoms with Crippen LogP contribution in [0.1, 0.15) is 39.0 Å². The summed E-state index contributed by atoms with van der Waals surface area (Å²) in [5.41, 5.74) is 0.789. The largest absolute Gasteiger partial charge is 0.384 e. The van der Waals surface area contributed by atoms with Crippen molar-refractivity contribution >= 4 is 15.5 Å². The second kappa shape index (κ2) is 5.99. The lowest BCUT2D eigenvalue weighted by Gasteiger charge is -2.19. The molecule has 1 N–H and O–H groups in total. The molecule has 0 saturated heterocycles. The average Bonchev–Trinajstić information content (AvgIpc) is 3.33.